The molecule has 0 aliphatic carbocycles. The van der Waals surface area contributed by atoms with Gasteiger partial charge in [-0.3, -0.25) is 24.0 Å². The van der Waals surface area contributed by atoms with Gasteiger partial charge in [0.15, 0.2) is 75.5 Å². The number of rotatable bonds is 37. The maximum atomic E-state index is 13.9. The van der Waals surface area contributed by atoms with Gasteiger partial charge in [0.1, 0.15) is 280 Å². The average molecular weight is 2140 g/mol. The summed E-state index contributed by atoms with van der Waals surface area (Å²) in [4.78, 5) is 66.8. The van der Waals surface area contributed by atoms with E-state index in [1.165, 1.54) is 13.8 Å². The first-order valence-electron chi connectivity index (χ1n) is 46.9. The second-order valence-corrected chi connectivity index (χ2v) is 37.3. The fourth-order valence-corrected chi connectivity index (χ4v) is 19.1. The van der Waals surface area contributed by atoms with Crippen molar-refractivity contribution in [3.05, 3.63) is 0 Å². The summed E-state index contributed by atoms with van der Waals surface area (Å²) in [6, 6.07) is -10.4. The third kappa shape index (κ3) is 26.4. The molecule has 0 aromatic carbocycles. The monoisotopic (exact) mass is 2140 g/mol. The molecule has 0 bridgehead atoms. The van der Waals surface area contributed by atoms with Gasteiger partial charge in [-0.15, -0.1) is 0 Å². The van der Waals surface area contributed by atoms with Crippen molar-refractivity contribution in [2.45, 2.75) is 417 Å². The van der Waals surface area contributed by atoms with E-state index in [1.807, 2.05) is 0 Å². The van der Waals surface area contributed by atoms with Crippen molar-refractivity contribution in [3.63, 3.8) is 0 Å². The van der Waals surface area contributed by atoms with Gasteiger partial charge in [-0.2, -0.15) is 0 Å². The van der Waals surface area contributed by atoms with Crippen LogP contribution in [0.4, 0.5) is 0 Å². The number of aliphatic hydroxyl groups is 31. The first kappa shape index (κ1) is 120. The summed E-state index contributed by atoms with van der Waals surface area (Å²) in [5, 5.41) is 365. The Morgan fingerprint density at radius 3 is 0.856 bits per heavy atom. The van der Waals surface area contributed by atoms with Crippen molar-refractivity contribution >= 4 is 29.5 Å². The van der Waals surface area contributed by atoms with Gasteiger partial charge in [0.25, 0.3) is 0 Å². The molecule has 0 radical (unpaired) electrons. The van der Waals surface area contributed by atoms with E-state index in [-0.39, 0.29) is 0 Å². The lowest BCUT2D eigenvalue weighted by Crippen LogP contribution is -2.72. The molecule has 12 rings (SSSR count). The van der Waals surface area contributed by atoms with Crippen LogP contribution in [0.15, 0.2) is 0 Å². The van der Waals surface area contributed by atoms with E-state index in [0.29, 0.717) is 0 Å². The standard InChI is InChI=1S/C82H137N5O59/c1-18-40(101)51(112)57(118)76(126-18)124-16-33-64(48(109)35(71(123)128-33)83-20(3)96)138-73-37(85-22(5)98)49(110)63(31(14-94)134-73)140-80-61(122)68(144-82-70(56(117)46(107)29(12-92)133-82)146-75-39(87-24(7)100)67(143-77-58(119)52(113)41(102)19(2)127-77)65(32(15-95)136-75)142-79-60(121)54(115)44(105)27(10-90)131-79)66(141-72-36(84-21(4)97)47(108)42(103)25(8-88)129-72)34(137-80)17-125-81-69(55(116)45(106)28(11-91)132-81)145-74-38(86-23(6)99)50(111)62(30(13-93)135-74)139-78-59(120)53(114)43(104)26(9-89)130-78/h18-19,25-82,88-95,101-123H,8-17H2,1-7H3,(H,83,96)(H,84,97)(H,85,98)(H,86,99)(H,87,100)/t18-,19-,25+,26+,27+,28+,29+,30+,31+,32+,33+,34+,35+,36+,37+,38+,39+,40+,41+,42+,43-,44-,45+,46+,47+,48+,49+,50+,51+,52+,53-,54-,55-,56-,57-,58-,59+,60+,61-,62+,63+,64+,65+,66+,67+,68+,69-,70-,71?,72-,73-,74-,75-,76+,77-,78-,79-,80-,81-,82+/m0/s1. The molecule has 0 aromatic rings. The largest absolute Gasteiger partial charge is 0.394 e. The number of hydrogen-bond donors (Lipinski definition) is 36. The smallest absolute Gasteiger partial charge is 0.217 e. The van der Waals surface area contributed by atoms with Crippen molar-refractivity contribution in [2.75, 3.05) is 66.1 Å². The van der Waals surface area contributed by atoms with Gasteiger partial charge >= 0.3 is 0 Å². The lowest BCUT2D eigenvalue weighted by molar-refractivity contribution is -0.411. The molecule has 12 aliphatic heterocycles. The zero-order valence-corrected chi connectivity index (χ0v) is 79.0. The highest BCUT2D eigenvalue weighted by molar-refractivity contribution is 5.75. The lowest BCUT2D eigenvalue weighted by Gasteiger charge is -2.53. The predicted octanol–water partition coefficient (Wildman–Crippen LogP) is -24.4. The topological polar surface area (TPSA) is 985 Å². The third-order valence-corrected chi connectivity index (χ3v) is 27.0. The summed E-state index contributed by atoms with van der Waals surface area (Å²) in [6.45, 7) is -5.30. The zero-order chi connectivity index (χ0) is 107. The first-order valence-corrected chi connectivity index (χ1v) is 46.9. The molecule has 146 heavy (non-hydrogen) atoms. The molecule has 844 valence electrons. The van der Waals surface area contributed by atoms with Crippen LogP contribution >= 0.6 is 0 Å². The average Bonchev–Trinajstić information content (AvgIpc) is 0.768. The fraction of sp³-hybridized carbons (Fsp3) is 0.939. The van der Waals surface area contributed by atoms with Crippen LogP contribution in [0.3, 0.4) is 0 Å². The first-order chi connectivity index (χ1) is 69.0. The zero-order valence-electron chi connectivity index (χ0n) is 79.0. The normalized spacial score (nSPS) is 49.8. The minimum atomic E-state index is -2.89. The Morgan fingerprint density at radius 1 is 0.192 bits per heavy atom. The molecule has 0 aromatic heterocycles. The van der Waals surface area contributed by atoms with Gasteiger partial charge in [-0.05, 0) is 13.8 Å². The molecule has 64 heteroatoms. The Kier molecular flexibility index (Phi) is 42.8. The Hall–Kier alpha value is -4.81. The van der Waals surface area contributed by atoms with Crippen LogP contribution in [0.25, 0.3) is 0 Å². The van der Waals surface area contributed by atoms with Gasteiger partial charge in [0, 0.05) is 34.6 Å². The molecule has 64 nitrogen and oxygen atoms in total. The van der Waals surface area contributed by atoms with Crippen molar-refractivity contribution in [1.29, 1.82) is 0 Å². The van der Waals surface area contributed by atoms with Gasteiger partial charge in [-0.1, -0.05) is 0 Å². The van der Waals surface area contributed by atoms with Crippen molar-refractivity contribution in [1.82, 2.24) is 26.6 Å². The number of aliphatic hydroxyl groups excluding tert-OH is 31. The molecule has 12 aliphatic rings. The van der Waals surface area contributed by atoms with Gasteiger partial charge in [0.05, 0.1) is 78.3 Å². The van der Waals surface area contributed by atoms with Crippen molar-refractivity contribution in [2.24, 2.45) is 0 Å². The summed E-state index contributed by atoms with van der Waals surface area (Å²) in [5.74, 6) is -5.15. The summed E-state index contributed by atoms with van der Waals surface area (Å²) >= 11 is 0. The Morgan fingerprint density at radius 2 is 0.432 bits per heavy atom. The minimum absolute atomic E-state index is 0.859. The van der Waals surface area contributed by atoms with E-state index in [2.05, 4.69) is 26.6 Å². The molecule has 1 unspecified atom stereocenters. The summed E-state index contributed by atoms with van der Waals surface area (Å²) in [5.41, 5.74) is 0. The van der Waals surface area contributed by atoms with Crippen LogP contribution in [-0.4, -0.2) is 622 Å². The SMILES string of the molecule is CC(=O)N[C@H]1[C@H](O[C@H]2[C@H](O)[C@@H](NC(C)=O)C(O)O[C@@H]2CO[C@@H]2O[C@@H](C)[C@@H](O)[C@@H](O)[C@@H]2O)O[C@H](CO)[C@@H](O[C@@H]2O[C@H](CO[C@H]3O[C@H](CO)[C@@H](O)[C@H](O)[C@@H]3O[C@@H]3O[C@H](CO)[C@@H](O[C@@H]4O[C@H](CO)[C@H](O)[C@H](O)[C@H]4O)[C@H](O)[C@H]3NC(C)=O)[C@@H](O[C@@H]3O[C@H](CO)[C@@H](O)[C@H](O)[C@H]3NC(C)=O)[C@H](O[C@H]3O[C@H](CO)[C@@H](O)[C@H](O)[C@@H]3O[C@@H]3O[C@H](CO)[C@@H](O[C@@H]4O[C@H](CO)[C@H](O)[C@H](O)[C@H]4O)[C@H](O[C@@H]4O[C@@H](C)[C@@H](O)[C@@H](O)[C@@H]4O)[C@H]3NC(C)=O)[C@@H]2O)[C@@H]1O. The van der Waals surface area contributed by atoms with E-state index >= 15 is 0 Å². The highest BCUT2D eigenvalue weighted by Gasteiger charge is 2.64. The molecule has 36 N–H and O–H groups in total. The van der Waals surface area contributed by atoms with Gasteiger partial charge < -0.3 is 294 Å². The number of nitrogens with one attached hydrogen (secondary N) is 5. The molecule has 12 fully saturated rings. The number of carbonyl (C=O) groups excluding carboxylic acids is 5. The van der Waals surface area contributed by atoms with Crippen molar-refractivity contribution in [3.8, 4) is 0 Å². The third-order valence-electron chi connectivity index (χ3n) is 27.0. The lowest BCUT2D eigenvalue weighted by atomic mass is 9.93. The molecule has 5 amide bonds. The molecule has 0 saturated carbocycles. The molecular weight excluding hydrogens is 2000 g/mol. The predicted molar refractivity (Wildman–Crippen MR) is 450 cm³/mol. The van der Waals surface area contributed by atoms with E-state index in [4.69, 9.17) is 109 Å². The summed E-state index contributed by atoms with van der Waals surface area (Å²) in [7, 11) is 0. The quantitative estimate of drug-likeness (QED) is 0.0275. The van der Waals surface area contributed by atoms with Gasteiger partial charge in [-0.25, -0.2) is 0 Å². The maximum Gasteiger partial charge on any atom is 0.217 e. The minimum Gasteiger partial charge on any atom is -0.394 e. The summed E-state index contributed by atoms with van der Waals surface area (Å²) < 4.78 is 142. The van der Waals surface area contributed by atoms with E-state index in [1.54, 1.807) is 0 Å². The van der Waals surface area contributed by atoms with Crippen LogP contribution in [-0.2, 0) is 133 Å². The van der Waals surface area contributed by atoms with Crippen LogP contribution in [0.5, 0.6) is 0 Å². The van der Waals surface area contributed by atoms with Crippen LogP contribution < -0.4 is 26.6 Å². The second-order valence-electron chi connectivity index (χ2n) is 37.3. The highest BCUT2D eigenvalue weighted by Crippen LogP contribution is 2.44. The van der Waals surface area contributed by atoms with E-state index in [0.717, 1.165) is 34.6 Å². The maximum absolute atomic E-state index is 13.9. The van der Waals surface area contributed by atoms with Crippen LogP contribution in [0.2, 0.25) is 0 Å². The number of carbonyl (C=O) groups is 5. The Balaban J connectivity index is 0.981. The molecule has 12 heterocycles. The molecule has 60 atom stereocenters. The van der Waals surface area contributed by atoms with Crippen LogP contribution in [0.1, 0.15) is 48.5 Å². The van der Waals surface area contributed by atoms with E-state index in [9.17, 15) is 182 Å². The number of ether oxygens (including phenoxy) is 23. The Labute approximate surface area is 827 Å². The highest BCUT2D eigenvalue weighted by atomic mass is 16.8. The molecular formula is C82H137N5O59. The van der Waals surface area contributed by atoms with E-state index < -0.39 is 464 Å². The van der Waals surface area contributed by atoms with Crippen molar-refractivity contribution < 1.29 is 291 Å². The molecule has 0 spiro atoms. The second kappa shape index (κ2) is 52.2. The van der Waals surface area contributed by atoms with Gasteiger partial charge in [0.2, 0.25) is 29.5 Å². The molecule has 12 saturated heterocycles. The summed E-state index contributed by atoms with van der Waals surface area (Å²) in [6.07, 6.45) is -121. The van der Waals surface area contributed by atoms with Crippen LogP contribution in [0, 0.1) is 0 Å². The number of hydrogen-bond acceptors (Lipinski definition) is 59. The fourth-order valence-electron chi connectivity index (χ4n) is 19.1. The Bertz CT molecular complexity index is 4090. The number of amides is 5.